The molecule has 0 aliphatic heterocycles. The molecule has 3 rings (SSSR count). The third-order valence-electron chi connectivity index (χ3n) is 6.45. The summed E-state index contributed by atoms with van der Waals surface area (Å²) in [5.74, 6) is 0.360. The van der Waals surface area contributed by atoms with Gasteiger partial charge in [0.15, 0.2) is 11.5 Å². The zero-order valence-corrected chi connectivity index (χ0v) is 24.0. The Hall–Kier alpha value is -3.54. The number of hydrogen-bond donors (Lipinski definition) is 1. The summed E-state index contributed by atoms with van der Waals surface area (Å²) in [6, 6.07) is 10.5. The lowest BCUT2D eigenvalue weighted by Gasteiger charge is -2.31. The standard InChI is InChI=1S/C29H36F4N4O4/c1-26(2,30)24-35-22(36-41-24)10-8-7-9-17-37(25(38)40-28(5,6)29(31,32)33)23-18-20(15-16-34-23)19-11-13-21(14-12-19)27(3,4)39/h11-16,18,39H,7-10,17H2,1-6H3. The van der Waals surface area contributed by atoms with Crippen molar-refractivity contribution in [1.82, 2.24) is 15.1 Å². The minimum atomic E-state index is -4.77. The summed E-state index contributed by atoms with van der Waals surface area (Å²) in [5, 5.41) is 14.0. The van der Waals surface area contributed by atoms with Crippen LogP contribution in [0.5, 0.6) is 0 Å². The van der Waals surface area contributed by atoms with Gasteiger partial charge < -0.3 is 14.4 Å². The van der Waals surface area contributed by atoms with E-state index in [0.29, 0.717) is 42.6 Å². The molecule has 0 radical (unpaired) electrons. The van der Waals surface area contributed by atoms with Crippen molar-refractivity contribution in [1.29, 1.82) is 0 Å². The topological polar surface area (TPSA) is 102 Å². The average Bonchev–Trinajstić information content (AvgIpc) is 3.34. The van der Waals surface area contributed by atoms with Gasteiger partial charge in [-0.1, -0.05) is 35.8 Å². The second kappa shape index (κ2) is 12.1. The maximum atomic E-state index is 14.0. The summed E-state index contributed by atoms with van der Waals surface area (Å²) in [6.45, 7) is 7.57. The number of aryl methyl sites for hydroxylation is 1. The van der Waals surface area contributed by atoms with Crippen LogP contribution < -0.4 is 4.90 Å². The van der Waals surface area contributed by atoms with E-state index in [1.54, 1.807) is 50.2 Å². The van der Waals surface area contributed by atoms with Crippen molar-refractivity contribution in [3.8, 4) is 11.1 Å². The molecule has 224 valence electrons. The molecule has 0 saturated heterocycles. The highest BCUT2D eigenvalue weighted by molar-refractivity contribution is 5.87. The molecule has 0 aliphatic carbocycles. The molecule has 1 aromatic carbocycles. The zero-order valence-electron chi connectivity index (χ0n) is 24.0. The van der Waals surface area contributed by atoms with Crippen LogP contribution in [0.15, 0.2) is 47.1 Å². The maximum absolute atomic E-state index is 14.0. The van der Waals surface area contributed by atoms with Crippen molar-refractivity contribution in [3.05, 3.63) is 59.9 Å². The molecule has 2 aromatic heterocycles. The minimum Gasteiger partial charge on any atom is -0.433 e. The van der Waals surface area contributed by atoms with E-state index in [4.69, 9.17) is 9.26 Å². The monoisotopic (exact) mass is 580 g/mol. The number of unbranched alkanes of at least 4 members (excludes halogenated alkanes) is 2. The molecule has 0 atom stereocenters. The number of ether oxygens (including phenoxy) is 1. The number of carbonyl (C=O) groups is 1. The SMILES string of the molecule is CC(C)(O)c1ccc(-c2ccnc(N(CCCCCc3noc(C(C)(C)F)n3)C(=O)OC(C)(C)C(F)(F)F)c2)cc1. The molecule has 0 saturated carbocycles. The number of amides is 1. The van der Waals surface area contributed by atoms with Gasteiger partial charge in [-0.15, -0.1) is 0 Å². The molecule has 3 aromatic rings. The predicted molar refractivity (Wildman–Crippen MR) is 145 cm³/mol. The quantitative estimate of drug-likeness (QED) is 0.188. The first-order valence-corrected chi connectivity index (χ1v) is 13.3. The molecule has 0 spiro atoms. The van der Waals surface area contributed by atoms with Crippen LogP contribution in [0, 0.1) is 0 Å². The highest BCUT2D eigenvalue weighted by Gasteiger charge is 2.51. The van der Waals surface area contributed by atoms with Crippen molar-refractivity contribution in [2.45, 2.75) is 90.3 Å². The number of pyridine rings is 1. The minimum absolute atomic E-state index is 0.0376. The Morgan fingerprint density at radius 3 is 2.17 bits per heavy atom. The van der Waals surface area contributed by atoms with Crippen LogP contribution in [0.3, 0.4) is 0 Å². The van der Waals surface area contributed by atoms with E-state index in [9.17, 15) is 27.5 Å². The fraction of sp³-hybridized carbons (Fsp3) is 0.517. The van der Waals surface area contributed by atoms with Gasteiger partial charge in [0.1, 0.15) is 5.82 Å². The zero-order chi connectivity index (χ0) is 30.6. The number of halogens is 4. The first kappa shape index (κ1) is 32.0. The van der Waals surface area contributed by atoms with E-state index in [2.05, 4.69) is 15.1 Å². The second-order valence-corrected chi connectivity index (χ2v) is 11.4. The predicted octanol–water partition coefficient (Wildman–Crippen LogP) is 7.26. The lowest BCUT2D eigenvalue weighted by molar-refractivity contribution is -0.243. The number of aromatic nitrogens is 3. The Morgan fingerprint density at radius 2 is 1.61 bits per heavy atom. The van der Waals surface area contributed by atoms with Gasteiger partial charge in [0.05, 0.1) is 5.60 Å². The summed E-state index contributed by atoms with van der Waals surface area (Å²) in [7, 11) is 0. The molecule has 1 N–H and O–H groups in total. The van der Waals surface area contributed by atoms with Crippen molar-refractivity contribution in [2.75, 3.05) is 11.4 Å². The molecule has 41 heavy (non-hydrogen) atoms. The Kier molecular flexibility index (Phi) is 9.47. The fourth-order valence-corrected chi connectivity index (χ4v) is 3.77. The Labute approximate surface area is 236 Å². The van der Waals surface area contributed by atoms with Crippen LogP contribution in [0.4, 0.5) is 28.2 Å². The molecule has 0 aliphatic rings. The van der Waals surface area contributed by atoms with E-state index in [-0.39, 0.29) is 18.3 Å². The van der Waals surface area contributed by atoms with Gasteiger partial charge in [-0.25, -0.2) is 14.2 Å². The molecular weight excluding hydrogens is 544 g/mol. The van der Waals surface area contributed by atoms with Gasteiger partial charge in [-0.2, -0.15) is 18.2 Å². The highest BCUT2D eigenvalue weighted by Crippen LogP contribution is 2.34. The Balaban J connectivity index is 1.76. The van der Waals surface area contributed by atoms with Crippen LogP contribution in [-0.2, 0) is 22.4 Å². The summed E-state index contributed by atoms with van der Waals surface area (Å²) < 4.78 is 64.2. The van der Waals surface area contributed by atoms with Crippen molar-refractivity contribution >= 4 is 11.9 Å². The van der Waals surface area contributed by atoms with Crippen LogP contribution in [-0.4, -0.2) is 44.6 Å². The van der Waals surface area contributed by atoms with E-state index >= 15 is 0 Å². The largest absolute Gasteiger partial charge is 0.433 e. The van der Waals surface area contributed by atoms with Crippen LogP contribution in [0.2, 0.25) is 0 Å². The lowest BCUT2D eigenvalue weighted by Crippen LogP contribution is -2.47. The number of carbonyl (C=O) groups excluding carboxylic acids is 1. The van der Waals surface area contributed by atoms with Gasteiger partial charge in [0, 0.05) is 19.2 Å². The van der Waals surface area contributed by atoms with E-state index in [1.165, 1.54) is 20.0 Å². The Bertz CT molecular complexity index is 1310. The first-order valence-electron chi connectivity index (χ1n) is 13.3. The summed E-state index contributed by atoms with van der Waals surface area (Å²) >= 11 is 0. The van der Waals surface area contributed by atoms with Crippen LogP contribution >= 0.6 is 0 Å². The van der Waals surface area contributed by atoms with E-state index in [1.807, 2.05) is 0 Å². The number of anilines is 1. The molecule has 12 heteroatoms. The molecule has 2 heterocycles. The van der Waals surface area contributed by atoms with Crippen molar-refractivity contribution < 1.29 is 36.7 Å². The van der Waals surface area contributed by atoms with Gasteiger partial charge in [-0.05, 0) is 83.2 Å². The van der Waals surface area contributed by atoms with Crippen molar-refractivity contribution in [2.24, 2.45) is 0 Å². The van der Waals surface area contributed by atoms with E-state index in [0.717, 1.165) is 24.3 Å². The van der Waals surface area contributed by atoms with Gasteiger partial charge in [0.2, 0.25) is 5.60 Å². The third kappa shape index (κ3) is 8.48. The third-order valence-corrected chi connectivity index (χ3v) is 6.45. The van der Waals surface area contributed by atoms with Crippen molar-refractivity contribution in [3.63, 3.8) is 0 Å². The van der Waals surface area contributed by atoms with Crippen LogP contribution in [0.1, 0.15) is 78.1 Å². The normalized spacial score (nSPS) is 12.9. The average molecular weight is 581 g/mol. The highest BCUT2D eigenvalue weighted by atomic mass is 19.4. The van der Waals surface area contributed by atoms with E-state index < -0.39 is 29.1 Å². The number of nitrogens with zero attached hydrogens (tertiary/aromatic N) is 4. The number of rotatable bonds is 11. The Morgan fingerprint density at radius 1 is 0.951 bits per heavy atom. The van der Waals surface area contributed by atoms with Gasteiger partial charge in [0.25, 0.3) is 5.89 Å². The lowest BCUT2D eigenvalue weighted by atomic mass is 9.96. The summed E-state index contributed by atoms with van der Waals surface area (Å²) in [6.07, 6.45) is -2.54. The van der Waals surface area contributed by atoms with Gasteiger partial charge in [-0.3, -0.25) is 4.90 Å². The second-order valence-electron chi connectivity index (χ2n) is 11.4. The number of aliphatic hydroxyl groups is 1. The number of benzene rings is 1. The summed E-state index contributed by atoms with van der Waals surface area (Å²) in [4.78, 5) is 22.4. The molecule has 0 unspecified atom stereocenters. The van der Waals surface area contributed by atoms with Gasteiger partial charge >= 0.3 is 12.3 Å². The maximum Gasteiger partial charge on any atom is 0.427 e. The fourth-order valence-electron chi connectivity index (χ4n) is 3.77. The summed E-state index contributed by atoms with van der Waals surface area (Å²) in [5.41, 5.74) is -3.34. The molecule has 8 nitrogen and oxygen atoms in total. The molecule has 0 bridgehead atoms. The molecule has 0 fully saturated rings. The number of alkyl halides is 4. The van der Waals surface area contributed by atoms with Crippen LogP contribution in [0.25, 0.3) is 11.1 Å². The molecular formula is C29H36F4N4O4. The number of hydrogen-bond acceptors (Lipinski definition) is 7. The smallest absolute Gasteiger partial charge is 0.427 e. The first-order chi connectivity index (χ1) is 18.9. The molecule has 1 amide bonds.